The number of nitrogens with zero attached hydrogens (tertiary/aromatic N) is 4. The van der Waals surface area contributed by atoms with E-state index in [-0.39, 0.29) is 5.91 Å². The molecule has 0 saturated carbocycles. The molecule has 2 aromatic carbocycles. The van der Waals surface area contributed by atoms with E-state index in [0.29, 0.717) is 52.6 Å². The van der Waals surface area contributed by atoms with Crippen LogP contribution in [-0.2, 0) is 4.74 Å². The van der Waals surface area contributed by atoms with Crippen molar-refractivity contribution in [2.45, 2.75) is 0 Å². The molecule has 2 aromatic heterocycles. The molecule has 162 valence electrons. The first-order chi connectivity index (χ1) is 15.6. The highest BCUT2D eigenvalue weighted by Crippen LogP contribution is 2.26. The third-order valence-electron chi connectivity index (χ3n) is 5.40. The predicted octanol–water partition coefficient (Wildman–Crippen LogP) is 3.01. The van der Waals surface area contributed by atoms with Gasteiger partial charge in [-0.05, 0) is 54.6 Å². The maximum atomic E-state index is 12.6. The number of hydrogen-bond acceptors (Lipinski definition) is 7. The van der Waals surface area contributed by atoms with Crippen molar-refractivity contribution in [3.8, 4) is 11.4 Å². The Balaban J connectivity index is 1.29. The Labute approximate surface area is 184 Å². The molecular formula is C23H22N6O3. The predicted molar refractivity (Wildman–Crippen MR) is 122 cm³/mol. The molecular weight excluding hydrogens is 408 g/mol. The number of aromatic nitrogens is 3. The first kappa shape index (κ1) is 19.8. The van der Waals surface area contributed by atoms with Gasteiger partial charge in [-0.2, -0.15) is 4.73 Å². The summed E-state index contributed by atoms with van der Waals surface area (Å²) < 4.78 is 6.37. The SMILES string of the molecule is Nc1ccc2nc(-c3ccc(NC(=O)c4ccc(N5CCOCC5)nc4)cc3)n(O)c2c1. The van der Waals surface area contributed by atoms with Crippen LogP contribution in [0.3, 0.4) is 0 Å². The van der Waals surface area contributed by atoms with Gasteiger partial charge in [-0.15, -0.1) is 0 Å². The van der Waals surface area contributed by atoms with E-state index in [1.165, 1.54) is 0 Å². The highest BCUT2D eigenvalue weighted by atomic mass is 16.5. The van der Waals surface area contributed by atoms with E-state index in [1.807, 2.05) is 6.07 Å². The number of fused-ring (bicyclic) bond motifs is 1. The van der Waals surface area contributed by atoms with Gasteiger partial charge in [0.05, 0.1) is 24.3 Å². The number of ether oxygens (including phenoxy) is 1. The van der Waals surface area contributed by atoms with Gasteiger partial charge >= 0.3 is 0 Å². The zero-order chi connectivity index (χ0) is 22.1. The summed E-state index contributed by atoms with van der Waals surface area (Å²) in [6, 6.07) is 15.9. The number of morpholine rings is 1. The van der Waals surface area contributed by atoms with Crippen molar-refractivity contribution in [1.82, 2.24) is 14.7 Å². The van der Waals surface area contributed by atoms with Crippen molar-refractivity contribution in [3.63, 3.8) is 0 Å². The number of nitrogens with one attached hydrogen (secondary N) is 1. The van der Waals surface area contributed by atoms with Crippen LogP contribution in [0.15, 0.2) is 60.8 Å². The summed E-state index contributed by atoms with van der Waals surface area (Å²) in [5.74, 6) is 0.984. The second-order valence-corrected chi connectivity index (χ2v) is 7.53. The molecule has 0 unspecified atom stereocenters. The molecule has 0 radical (unpaired) electrons. The standard InChI is InChI=1S/C23H22N6O3/c24-17-4-7-19-20(13-17)29(31)22(27-19)15-1-5-18(6-2-15)26-23(30)16-3-8-21(25-14-16)28-9-11-32-12-10-28/h1-8,13-14,31H,9-12,24H2,(H,26,30). The number of imidazole rings is 1. The largest absolute Gasteiger partial charge is 0.426 e. The summed E-state index contributed by atoms with van der Waals surface area (Å²) in [6.07, 6.45) is 1.58. The molecule has 0 aliphatic carbocycles. The highest BCUT2D eigenvalue weighted by Gasteiger charge is 2.15. The van der Waals surface area contributed by atoms with Gasteiger partial charge < -0.3 is 25.9 Å². The fourth-order valence-electron chi connectivity index (χ4n) is 3.67. The van der Waals surface area contributed by atoms with Crippen LogP contribution in [0, 0.1) is 0 Å². The van der Waals surface area contributed by atoms with E-state index in [9.17, 15) is 10.0 Å². The van der Waals surface area contributed by atoms with Gasteiger partial charge in [0.1, 0.15) is 11.3 Å². The van der Waals surface area contributed by atoms with Gasteiger partial charge in [-0.25, -0.2) is 9.97 Å². The zero-order valence-electron chi connectivity index (χ0n) is 17.2. The number of benzene rings is 2. The number of carbonyl (C=O) groups is 1. The Bertz CT molecular complexity index is 1260. The molecule has 5 rings (SSSR count). The third-order valence-corrected chi connectivity index (χ3v) is 5.40. The monoisotopic (exact) mass is 430 g/mol. The van der Waals surface area contributed by atoms with Crippen LogP contribution >= 0.6 is 0 Å². The van der Waals surface area contributed by atoms with Gasteiger partial charge in [0.2, 0.25) is 0 Å². The first-order valence-corrected chi connectivity index (χ1v) is 10.3. The van der Waals surface area contributed by atoms with Crippen LogP contribution in [-0.4, -0.2) is 52.1 Å². The normalized spacial score (nSPS) is 13.9. The van der Waals surface area contributed by atoms with Crippen LogP contribution < -0.4 is 16.0 Å². The van der Waals surface area contributed by atoms with Gasteiger partial charge in [0, 0.05) is 36.2 Å². The summed E-state index contributed by atoms with van der Waals surface area (Å²) in [7, 11) is 0. The van der Waals surface area contributed by atoms with Crippen LogP contribution in [0.5, 0.6) is 0 Å². The second-order valence-electron chi connectivity index (χ2n) is 7.53. The molecule has 0 spiro atoms. The molecule has 1 saturated heterocycles. The Kier molecular flexibility index (Phi) is 5.08. The van der Waals surface area contributed by atoms with Crippen LogP contribution in [0.1, 0.15) is 10.4 Å². The van der Waals surface area contributed by atoms with Crippen molar-refractivity contribution in [3.05, 3.63) is 66.4 Å². The summed E-state index contributed by atoms with van der Waals surface area (Å²) in [6.45, 7) is 2.95. The lowest BCUT2D eigenvalue weighted by molar-refractivity contribution is 0.102. The smallest absolute Gasteiger partial charge is 0.257 e. The summed E-state index contributed by atoms with van der Waals surface area (Å²) in [5.41, 5.74) is 9.32. The fraction of sp³-hybridized carbons (Fsp3) is 0.174. The van der Waals surface area contributed by atoms with Crippen LogP contribution in [0.2, 0.25) is 0 Å². The zero-order valence-corrected chi connectivity index (χ0v) is 17.2. The maximum Gasteiger partial charge on any atom is 0.257 e. The summed E-state index contributed by atoms with van der Waals surface area (Å²) in [5, 5.41) is 13.3. The van der Waals surface area contributed by atoms with Crippen molar-refractivity contribution in [2.75, 3.05) is 42.3 Å². The molecule has 4 aromatic rings. The number of hydrogen-bond donors (Lipinski definition) is 3. The number of amides is 1. The topological polar surface area (TPSA) is 119 Å². The molecule has 0 atom stereocenters. The van der Waals surface area contributed by atoms with Gasteiger partial charge in [0.25, 0.3) is 5.91 Å². The molecule has 1 aliphatic rings. The lowest BCUT2D eigenvalue weighted by atomic mass is 10.2. The van der Waals surface area contributed by atoms with E-state index in [4.69, 9.17) is 10.5 Å². The summed E-state index contributed by atoms with van der Waals surface area (Å²) in [4.78, 5) is 23.6. The molecule has 4 N–H and O–H groups in total. The Morgan fingerprint density at radius 3 is 2.56 bits per heavy atom. The third kappa shape index (κ3) is 3.81. The van der Waals surface area contributed by atoms with E-state index >= 15 is 0 Å². The molecule has 0 bridgehead atoms. The van der Waals surface area contributed by atoms with Crippen molar-refractivity contribution in [2.24, 2.45) is 0 Å². The average Bonchev–Trinajstić information content (AvgIpc) is 3.16. The Morgan fingerprint density at radius 1 is 1.06 bits per heavy atom. The first-order valence-electron chi connectivity index (χ1n) is 10.3. The minimum atomic E-state index is -0.247. The lowest BCUT2D eigenvalue weighted by Crippen LogP contribution is -2.36. The van der Waals surface area contributed by atoms with Crippen LogP contribution in [0.25, 0.3) is 22.4 Å². The number of carbonyl (C=O) groups excluding carboxylic acids is 1. The fourth-order valence-corrected chi connectivity index (χ4v) is 3.67. The van der Waals surface area contributed by atoms with Crippen molar-refractivity contribution < 1.29 is 14.7 Å². The molecule has 1 aliphatic heterocycles. The lowest BCUT2D eigenvalue weighted by Gasteiger charge is -2.27. The average molecular weight is 430 g/mol. The Morgan fingerprint density at radius 2 is 1.84 bits per heavy atom. The van der Waals surface area contributed by atoms with Crippen LogP contribution in [0.4, 0.5) is 17.2 Å². The van der Waals surface area contributed by atoms with E-state index in [1.54, 1.807) is 54.7 Å². The maximum absolute atomic E-state index is 12.6. The van der Waals surface area contributed by atoms with E-state index in [0.717, 1.165) is 23.6 Å². The summed E-state index contributed by atoms with van der Waals surface area (Å²) >= 11 is 0. The number of pyridine rings is 1. The minimum absolute atomic E-state index is 0.247. The van der Waals surface area contributed by atoms with Gasteiger partial charge in [-0.3, -0.25) is 4.79 Å². The molecule has 3 heterocycles. The number of nitrogen functional groups attached to an aromatic ring is 1. The Hall–Kier alpha value is -4.11. The molecule has 9 heteroatoms. The van der Waals surface area contributed by atoms with Crippen molar-refractivity contribution in [1.29, 1.82) is 0 Å². The second kappa shape index (κ2) is 8.20. The molecule has 1 fully saturated rings. The quantitative estimate of drug-likeness (QED) is 0.336. The highest BCUT2D eigenvalue weighted by molar-refractivity contribution is 6.04. The van der Waals surface area contributed by atoms with E-state index in [2.05, 4.69) is 20.2 Å². The molecule has 32 heavy (non-hydrogen) atoms. The van der Waals surface area contributed by atoms with Gasteiger partial charge in [-0.1, -0.05) is 0 Å². The number of rotatable bonds is 4. The number of anilines is 3. The minimum Gasteiger partial charge on any atom is -0.426 e. The van der Waals surface area contributed by atoms with E-state index < -0.39 is 0 Å². The molecule has 1 amide bonds. The van der Waals surface area contributed by atoms with Gasteiger partial charge in [0.15, 0.2) is 5.82 Å². The number of nitrogens with two attached hydrogens (primary N) is 1. The van der Waals surface area contributed by atoms with Crippen molar-refractivity contribution >= 4 is 34.1 Å². The molecule has 9 nitrogen and oxygen atoms in total.